The van der Waals surface area contributed by atoms with Crippen molar-refractivity contribution in [3.8, 4) is 11.1 Å². The molecule has 2 aromatic rings. The fourth-order valence-corrected chi connectivity index (χ4v) is 6.01. The quantitative estimate of drug-likeness (QED) is 0.672. The van der Waals surface area contributed by atoms with Crippen molar-refractivity contribution < 1.29 is 24.2 Å². The number of hydrogen-bond donors (Lipinski definition) is 2. The van der Waals surface area contributed by atoms with E-state index in [0.29, 0.717) is 19.3 Å². The number of amides is 2. The second-order valence-corrected chi connectivity index (χ2v) is 9.83. The second-order valence-electron chi connectivity index (χ2n) is 9.83. The van der Waals surface area contributed by atoms with Gasteiger partial charge < -0.3 is 20.1 Å². The predicted octanol–water partition coefficient (Wildman–Crippen LogP) is 4.16. The zero-order chi connectivity index (χ0) is 24.0. The standard InChI is InChI=1S/C27H30N2O5/c1-3-27(2,25(32)29-16-12-13-23(29)21(14-16)24(30)31)28-26(33)34-15-22-19-10-6-4-8-17(19)18-9-5-7-11-20(18)22/h4-11,16,21-23H,3,12-15H2,1-2H3,(H,28,33)(H,30,31). The fourth-order valence-electron chi connectivity index (χ4n) is 6.01. The Bertz CT molecular complexity index is 1100. The van der Waals surface area contributed by atoms with Crippen LogP contribution in [0.25, 0.3) is 11.1 Å². The topological polar surface area (TPSA) is 95.9 Å². The average Bonchev–Trinajstić information content (AvgIpc) is 3.51. The number of ether oxygens (including phenoxy) is 1. The summed E-state index contributed by atoms with van der Waals surface area (Å²) in [5.41, 5.74) is 3.39. The highest BCUT2D eigenvalue weighted by molar-refractivity contribution is 5.91. The largest absolute Gasteiger partial charge is 0.481 e. The molecule has 178 valence electrons. The monoisotopic (exact) mass is 462 g/mol. The number of carboxylic acids is 1. The minimum Gasteiger partial charge on any atom is -0.481 e. The van der Waals surface area contributed by atoms with Crippen molar-refractivity contribution in [1.82, 2.24) is 10.2 Å². The summed E-state index contributed by atoms with van der Waals surface area (Å²) in [6.45, 7) is 3.71. The molecule has 3 aliphatic rings. The summed E-state index contributed by atoms with van der Waals surface area (Å²) in [6, 6.07) is 15.9. The Hall–Kier alpha value is -3.35. The van der Waals surface area contributed by atoms with Crippen LogP contribution >= 0.6 is 0 Å². The molecule has 2 bridgehead atoms. The van der Waals surface area contributed by atoms with Crippen LogP contribution in [-0.2, 0) is 14.3 Å². The van der Waals surface area contributed by atoms with Crippen molar-refractivity contribution >= 4 is 18.0 Å². The number of carbonyl (C=O) groups excluding carboxylic acids is 2. The van der Waals surface area contributed by atoms with Crippen LogP contribution in [0.1, 0.15) is 56.6 Å². The molecule has 0 radical (unpaired) electrons. The van der Waals surface area contributed by atoms with Gasteiger partial charge in [-0.3, -0.25) is 9.59 Å². The van der Waals surface area contributed by atoms with Crippen LogP contribution in [0, 0.1) is 5.92 Å². The summed E-state index contributed by atoms with van der Waals surface area (Å²) in [4.78, 5) is 39.7. The minimum atomic E-state index is -1.16. The molecule has 2 aromatic carbocycles. The molecule has 2 fully saturated rings. The van der Waals surface area contributed by atoms with Crippen LogP contribution in [-0.4, -0.2) is 52.2 Å². The van der Waals surface area contributed by atoms with Crippen LogP contribution in [0.15, 0.2) is 48.5 Å². The van der Waals surface area contributed by atoms with Gasteiger partial charge in [0.2, 0.25) is 5.91 Å². The highest BCUT2D eigenvalue weighted by Gasteiger charge is 2.54. The van der Waals surface area contributed by atoms with Gasteiger partial charge in [-0.25, -0.2) is 4.79 Å². The van der Waals surface area contributed by atoms with E-state index in [1.54, 1.807) is 11.8 Å². The lowest BCUT2D eigenvalue weighted by atomic mass is 9.89. The Morgan fingerprint density at radius 3 is 2.24 bits per heavy atom. The zero-order valence-electron chi connectivity index (χ0n) is 19.5. The summed E-state index contributed by atoms with van der Waals surface area (Å²) in [6.07, 6.45) is 1.73. The lowest BCUT2D eigenvalue weighted by molar-refractivity contribution is -0.144. The van der Waals surface area contributed by atoms with E-state index in [1.807, 2.05) is 31.2 Å². The number of benzene rings is 2. The van der Waals surface area contributed by atoms with Crippen molar-refractivity contribution in [3.63, 3.8) is 0 Å². The molecule has 2 N–H and O–H groups in total. The number of nitrogens with one attached hydrogen (secondary N) is 1. The molecule has 2 amide bonds. The van der Waals surface area contributed by atoms with Gasteiger partial charge in [0.1, 0.15) is 12.1 Å². The molecule has 2 heterocycles. The van der Waals surface area contributed by atoms with Gasteiger partial charge in [0.25, 0.3) is 0 Å². The number of rotatable bonds is 6. The number of aliphatic carboxylic acids is 1. The molecular formula is C27H30N2O5. The van der Waals surface area contributed by atoms with Gasteiger partial charge in [0, 0.05) is 18.0 Å². The van der Waals surface area contributed by atoms with E-state index in [0.717, 1.165) is 28.7 Å². The maximum absolute atomic E-state index is 13.5. The zero-order valence-corrected chi connectivity index (χ0v) is 19.5. The number of hydrogen-bond acceptors (Lipinski definition) is 4. The smallest absolute Gasteiger partial charge is 0.408 e. The van der Waals surface area contributed by atoms with Gasteiger partial charge in [-0.1, -0.05) is 55.5 Å². The summed E-state index contributed by atoms with van der Waals surface area (Å²) >= 11 is 0. The van der Waals surface area contributed by atoms with Gasteiger partial charge >= 0.3 is 12.1 Å². The summed E-state index contributed by atoms with van der Waals surface area (Å²) < 4.78 is 5.66. The first-order chi connectivity index (χ1) is 16.3. The molecule has 2 aliphatic heterocycles. The van der Waals surface area contributed by atoms with E-state index in [1.165, 1.54) is 0 Å². The lowest BCUT2D eigenvalue weighted by Crippen LogP contribution is -2.59. The molecule has 0 spiro atoms. The van der Waals surface area contributed by atoms with Crippen LogP contribution in [0.4, 0.5) is 4.79 Å². The first-order valence-corrected chi connectivity index (χ1v) is 12.0. The number of fused-ring (bicyclic) bond motifs is 5. The second kappa shape index (κ2) is 8.46. The van der Waals surface area contributed by atoms with E-state index >= 15 is 0 Å². The first kappa shape index (κ1) is 22.4. The Morgan fingerprint density at radius 1 is 1.06 bits per heavy atom. The third kappa shape index (κ3) is 3.54. The molecular weight excluding hydrogens is 432 g/mol. The van der Waals surface area contributed by atoms with Crippen molar-refractivity contribution in [1.29, 1.82) is 0 Å². The van der Waals surface area contributed by atoms with E-state index in [-0.39, 0.29) is 30.5 Å². The van der Waals surface area contributed by atoms with Crippen LogP contribution in [0.5, 0.6) is 0 Å². The van der Waals surface area contributed by atoms with Crippen molar-refractivity contribution in [2.24, 2.45) is 5.92 Å². The normalized spacial score (nSPS) is 24.3. The fraction of sp³-hybridized carbons (Fsp3) is 0.444. The average molecular weight is 463 g/mol. The van der Waals surface area contributed by atoms with Gasteiger partial charge in [-0.15, -0.1) is 0 Å². The van der Waals surface area contributed by atoms with E-state index < -0.39 is 23.5 Å². The van der Waals surface area contributed by atoms with Gasteiger partial charge in [0.15, 0.2) is 0 Å². The van der Waals surface area contributed by atoms with Crippen LogP contribution in [0.2, 0.25) is 0 Å². The number of carboxylic acid groups (broad SMARTS) is 1. The third-order valence-corrected chi connectivity index (χ3v) is 7.99. The van der Waals surface area contributed by atoms with Crippen LogP contribution in [0.3, 0.4) is 0 Å². The molecule has 4 atom stereocenters. The molecule has 7 nitrogen and oxygen atoms in total. The van der Waals surface area contributed by atoms with E-state index in [2.05, 4.69) is 29.6 Å². The molecule has 1 aliphatic carbocycles. The Kier molecular flexibility index (Phi) is 5.58. The van der Waals surface area contributed by atoms with Crippen molar-refractivity contribution in [2.75, 3.05) is 6.61 Å². The highest BCUT2D eigenvalue weighted by Crippen LogP contribution is 2.45. The molecule has 0 saturated carbocycles. The van der Waals surface area contributed by atoms with Crippen molar-refractivity contribution in [3.05, 3.63) is 59.7 Å². The third-order valence-electron chi connectivity index (χ3n) is 7.99. The Balaban J connectivity index is 1.28. The van der Waals surface area contributed by atoms with Gasteiger partial charge in [-0.2, -0.15) is 0 Å². The van der Waals surface area contributed by atoms with Crippen molar-refractivity contribution in [2.45, 2.75) is 63.1 Å². The Labute approximate surface area is 199 Å². The Morgan fingerprint density at radius 2 is 1.68 bits per heavy atom. The minimum absolute atomic E-state index is 0.0625. The van der Waals surface area contributed by atoms with E-state index in [9.17, 15) is 19.5 Å². The molecule has 2 saturated heterocycles. The molecule has 4 unspecified atom stereocenters. The number of carbonyl (C=O) groups is 3. The molecule has 34 heavy (non-hydrogen) atoms. The highest BCUT2D eigenvalue weighted by atomic mass is 16.5. The van der Waals surface area contributed by atoms with Gasteiger partial charge in [-0.05, 0) is 54.9 Å². The summed E-state index contributed by atoms with van der Waals surface area (Å²) in [7, 11) is 0. The van der Waals surface area contributed by atoms with E-state index in [4.69, 9.17) is 4.74 Å². The first-order valence-electron chi connectivity index (χ1n) is 12.0. The van der Waals surface area contributed by atoms with Crippen LogP contribution < -0.4 is 5.32 Å². The summed E-state index contributed by atoms with van der Waals surface area (Å²) in [5, 5.41) is 12.3. The lowest BCUT2D eigenvalue weighted by Gasteiger charge is -2.35. The predicted molar refractivity (Wildman–Crippen MR) is 126 cm³/mol. The summed E-state index contributed by atoms with van der Waals surface area (Å²) in [5.74, 6) is -1.67. The molecule has 5 rings (SSSR count). The number of nitrogens with zero attached hydrogens (tertiary/aromatic N) is 1. The number of alkyl carbamates (subject to hydrolysis) is 1. The molecule has 0 aromatic heterocycles. The van der Waals surface area contributed by atoms with Gasteiger partial charge in [0.05, 0.1) is 5.92 Å². The molecule has 7 heteroatoms. The maximum atomic E-state index is 13.5. The maximum Gasteiger partial charge on any atom is 0.408 e. The SMILES string of the molecule is CCC(C)(NC(=O)OCC1c2ccccc2-c2ccccc21)C(=O)N1C2CCC1C(C(=O)O)C2.